The van der Waals surface area contributed by atoms with Crippen LogP contribution in [0.3, 0.4) is 0 Å². The van der Waals surface area contributed by atoms with Gasteiger partial charge in [-0.2, -0.15) is 0 Å². The van der Waals surface area contributed by atoms with Crippen molar-refractivity contribution in [1.29, 1.82) is 0 Å². The average Bonchev–Trinajstić information content (AvgIpc) is 2.99. The molecule has 9 nitrogen and oxygen atoms in total. The van der Waals surface area contributed by atoms with Crippen molar-refractivity contribution in [3.8, 4) is 11.5 Å². The Labute approximate surface area is 246 Å². The van der Waals surface area contributed by atoms with E-state index in [2.05, 4.69) is 22.1 Å². The monoisotopic (exact) mass is 573 g/mol. The van der Waals surface area contributed by atoms with Gasteiger partial charge in [-0.3, -0.25) is 19.3 Å². The lowest BCUT2D eigenvalue weighted by Crippen LogP contribution is -2.38. The van der Waals surface area contributed by atoms with Gasteiger partial charge in [-0.25, -0.2) is 0 Å². The fraction of sp³-hybridized carbons (Fsp3) is 0.364. The molecule has 4 rings (SSSR count). The van der Waals surface area contributed by atoms with Crippen molar-refractivity contribution in [3.05, 3.63) is 77.9 Å². The van der Waals surface area contributed by atoms with Crippen molar-refractivity contribution >= 4 is 34.1 Å². The maximum absolute atomic E-state index is 13.5. The lowest BCUT2D eigenvalue weighted by atomic mass is 9.85. The van der Waals surface area contributed by atoms with Crippen molar-refractivity contribution in [2.45, 2.75) is 26.2 Å². The van der Waals surface area contributed by atoms with Gasteiger partial charge in [-0.1, -0.05) is 51.1 Å². The van der Waals surface area contributed by atoms with Crippen LogP contribution in [0, 0.1) is 0 Å². The van der Waals surface area contributed by atoms with Gasteiger partial charge in [0.1, 0.15) is 12.4 Å². The van der Waals surface area contributed by atoms with Crippen LogP contribution in [0.4, 0.5) is 5.69 Å². The molecule has 9 heteroatoms. The van der Waals surface area contributed by atoms with Gasteiger partial charge in [0, 0.05) is 37.1 Å². The van der Waals surface area contributed by atoms with Crippen LogP contribution in [0.25, 0.3) is 10.8 Å². The van der Waals surface area contributed by atoms with E-state index in [9.17, 15) is 14.4 Å². The summed E-state index contributed by atoms with van der Waals surface area (Å²) in [5.74, 6) is -1.13. The van der Waals surface area contributed by atoms with Gasteiger partial charge >= 0.3 is 0 Å². The SMILES string of the molecule is C=CCNC(=O)c1cc(C(C)(C)C)cc(NC(=O)C(=O)c2ccc(OCCN3CCOCC3)c3ccccc23)c1OC. The highest BCUT2D eigenvalue weighted by Crippen LogP contribution is 2.36. The normalized spacial score (nSPS) is 13.8. The highest BCUT2D eigenvalue weighted by Gasteiger charge is 2.26. The molecule has 222 valence electrons. The number of anilines is 1. The summed E-state index contributed by atoms with van der Waals surface area (Å²) in [7, 11) is 1.42. The number of nitrogens with one attached hydrogen (secondary N) is 2. The van der Waals surface area contributed by atoms with Crippen molar-refractivity contribution in [2.75, 3.05) is 58.4 Å². The summed E-state index contributed by atoms with van der Waals surface area (Å²) in [6.07, 6.45) is 1.57. The zero-order valence-corrected chi connectivity index (χ0v) is 24.7. The molecule has 1 aliphatic rings. The summed E-state index contributed by atoms with van der Waals surface area (Å²) >= 11 is 0. The van der Waals surface area contributed by atoms with Crippen molar-refractivity contribution in [2.24, 2.45) is 0 Å². The van der Waals surface area contributed by atoms with Crippen LogP contribution in [-0.4, -0.2) is 75.6 Å². The molecule has 1 heterocycles. The number of hydrogen-bond acceptors (Lipinski definition) is 7. The number of carbonyl (C=O) groups is 3. The summed E-state index contributed by atoms with van der Waals surface area (Å²) in [5.41, 5.74) is 1.17. The maximum Gasteiger partial charge on any atom is 0.296 e. The Kier molecular flexibility index (Phi) is 9.98. The fourth-order valence-corrected chi connectivity index (χ4v) is 4.81. The molecule has 2 N–H and O–H groups in total. The van der Waals surface area contributed by atoms with Crippen LogP contribution in [0.1, 0.15) is 47.1 Å². The summed E-state index contributed by atoms with van der Waals surface area (Å²) in [5, 5.41) is 6.82. The number of fused-ring (bicyclic) bond motifs is 1. The van der Waals surface area contributed by atoms with Gasteiger partial charge in [0.25, 0.3) is 17.6 Å². The molecule has 3 aromatic rings. The number of carbonyl (C=O) groups excluding carboxylic acids is 3. The first-order chi connectivity index (χ1) is 20.1. The number of benzene rings is 3. The quantitative estimate of drug-likeness (QED) is 0.196. The fourth-order valence-electron chi connectivity index (χ4n) is 4.81. The van der Waals surface area contributed by atoms with E-state index in [0.717, 1.165) is 43.8 Å². The minimum Gasteiger partial charge on any atom is -0.494 e. The Bertz CT molecular complexity index is 1470. The van der Waals surface area contributed by atoms with Crippen LogP contribution in [0.15, 0.2) is 61.2 Å². The third-order valence-corrected chi connectivity index (χ3v) is 7.16. The zero-order chi connectivity index (χ0) is 30.3. The maximum atomic E-state index is 13.5. The third-order valence-electron chi connectivity index (χ3n) is 7.16. The highest BCUT2D eigenvalue weighted by molar-refractivity contribution is 6.48. The second-order valence-electron chi connectivity index (χ2n) is 11.1. The van der Waals surface area contributed by atoms with E-state index < -0.39 is 11.7 Å². The Hall–Kier alpha value is -4.21. The molecule has 0 spiro atoms. The van der Waals surface area contributed by atoms with E-state index in [4.69, 9.17) is 14.2 Å². The van der Waals surface area contributed by atoms with Crippen LogP contribution in [-0.2, 0) is 14.9 Å². The predicted molar refractivity (Wildman–Crippen MR) is 164 cm³/mol. The second-order valence-corrected chi connectivity index (χ2v) is 11.1. The van der Waals surface area contributed by atoms with Crippen molar-refractivity contribution in [3.63, 3.8) is 0 Å². The number of ether oxygens (including phenoxy) is 3. The summed E-state index contributed by atoms with van der Waals surface area (Å²) in [4.78, 5) is 42.2. The first-order valence-corrected chi connectivity index (χ1v) is 14.1. The van der Waals surface area contributed by atoms with Gasteiger partial charge < -0.3 is 24.8 Å². The van der Waals surface area contributed by atoms with Gasteiger partial charge in [0.2, 0.25) is 0 Å². The number of amides is 2. The number of rotatable bonds is 11. The molecule has 0 aromatic heterocycles. The Morgan fingerprint density at radius 3 is 2.40 bits per heavy atom. The molecule has 1 fully saturated rings. The number of morpholine rings is 1. The Balaban J connectivity index is 1.60. The second kappa shape index (κ2) is 13.6. The van der Waals surface area contributed by atoms with Gasteiger partial charge in [0.15, 0.2) is 5.75 Å². The smallest absolute Gasteiger partial charge is 0.296 e. The Morgan fingerprint density at radius 2 is 1.74 bits per heavy atom. The largest absolute Gasteiger partial charge is 0.494 e. The molecule has 0 aliphatic carbocycles. The lowest BCUT2D eigenvalue weighted by molar-refractivity contribution is -0.112. The van der Waals surface area contributed by atoms with E-state index in [1.807, 2.05) is 39.0 Å². The van der Waals surface area contributed by atoms with Crippen molar-refractivity contribution in [1.82, 2.24) is 10.2 Å². The highest BCUT2D eigenvalue weighted by atomic mass is 16.5. The van der Waals surface area contributed by atoms with E-state index >= 15 is 0 Å². The molecule has 0 radical (unpaired) electrons. The lowest BCUT2D eigenvalue weighted by Gasteiger charge is -2.26. The zero-order valence-electron chi connectivity index (χ0n) is 24.7. The van der Waals surface area contributed by atoms with Crippen LogP contribution < -0.4 is 20.1 Å². The number of Topliss-reactive ketones (excluding diaryl/α,β-unsaturated/α-hetero) is 1. The van der Waals surface area contributed by atoms with Crippen molar-refractivity contribution < 1.29 is 28.6 Å². The topological polar surface area (TPSA) is 106 Å². The molecule has 0 unspecified atom stereocenters. The standard InChI is InChI=1S/C33H39N3O6/c1-6-13-34-31(38)26-20-22(33(2,3)4)21-27(30(26)40-5)35-32(39)29(37)25-11-12-28(24-10-8-7-9-23(24)25)42-19-16-36-14-17-41-18-15-36/h6-12,20-21H,1,13-19H2,2-5H3,(H,34,38)(H,35,39). The molecular weight excluding hydrogens is 534 g/mol. The summed E-state index contributed by atoms with van der Waals surface area (Å²) < 4.78 is 17.1. The van der Waals surface area contributed by atoms with E-state index in [0.29, 0.717) is 17.7 Å². The Morgan fingerprint density at radius 1 is 1.02 bits per heavy atom. The molecule has 1 saturated heterocycles. The molecule has 3 aromatic carbocycles. The van der Waals surface area contributed by atoms with E-state index in [1.165, 1.54) is 7.11 Å². The van der Waals surface area contributed by atoms with Gasteiger partial charge in [-0.15, -0.1) is 6.58 Å². The number of methoxy groups -OCH3 is 1. The average molecular weight is 574 g/mol. The molecule has 0 bridgehead atoms. The predicted octanol–water partition coefficient (Wildman–Crippen LogP) is 4.59. The molecule has 0 atom stereocenters. The van der Waals surface area contributed by atoms with Crippen LogP contribution in [0.2, 0.25) is 0 Å². The number of nitrogens with zero attached hydrogens (tertiary/aromatic N) is 1. The van der Waals surface area contributed by atoms with Gasteiger partial charge in [-0.05, 0) is 40.6 Å². The molecule has 42 heavy (non-hydrogen) atoms. The summed E-state index contributed by atoms with van der Waals surface area (Å²) in [6, 6.07) is 14.2. The number of ketones is 1. The first kappa shape index (κ1) is 30.7. The molecular formula is C33H39N3O6. The van der Waals surface area contributed by atoms with Gasteiger partial charge in [0.05, 0.1) is 31.6 Å². The third kappa shape index (κ3) is 7.16. The summed E-state index contributed by atoms with van der Waals surface area (Å²) in [6.45, 7) is 14.3. The minimum absolute atomic E-state index is 0.166. The first-order valence-electron chi connectivity index (χ1n) is 14.1. The minimum atomic E-state index is -0.844. The number of hydrogen-bond donors (Lipinski definition) is 2. The molecule has 1 aliphatic heterocycles. The van der Waals surface area contributed by atoms with E-state index in [-0.39, 0.29) is 40.4 Å². The molecule has 2 amide bonds. The van der Waals surface area contributed by atoms with Crippen LogP contribution in [0.5, 0.6) is 11.5 Å². The molecule has 0 saturated carbocycles. The van der Waals surface area contributed by atoms with Crippen LogP contribution >= 0.6 is 0 Å². The van der Waals surface area contributed by atoms with E-state index in [1.54, 1.807) is 36.4 Å².